The number of halogens is 1. The van der Waals surface area contributed by atoms with Crippen molar-refractivity contribution in [3.05, 3.63) is 52.0 Å². The summed E-state index contributed by atoms with van der Waals surface area (Å²) in [6.45, 7) is 4.06. The van der Waals surface area contributed by atoms with Gasteiger partial charge in [0, 0.05) is 21.8 Å². The van der Waals surface area contributed by atoms with E-state index in [0.717, 1.165) is 15.7 Å². The van der Waals surface area contributed by atoms with Gasteiger partial charge < -0.3 is 15.2 Å². The molecule has 0 amide bonds. The summed E-state index contributed by atoms with van der Waals surface area (Å²) in [6, 6.07) is 11.5. The molecule has 0 saturated carbocycles. The summed E-state index contributed by atoms with van der Waals surface area (Å²) < 4.78 is 6.10. The van der Waals surface area contributed by atoms with Crippen molar-refractivity contribution in [1.82, 2.24) is 0 Å². The number of anilines is 1. The van der Waals surface area contributed by atoms with Crippen molar-refractivity contribution in [2.24, 2.45) is 0 Å². The van der Waals surface area contributed by atoms with Crippen LogP contribution in [0.3, 0.4) is 0 Å². The molecule has 0 aliphatic heterocycles. The molecule has 2 rings (SSSR count). The topological polar surface area (TPSA) is 41.5 Å². The first-order valence-electron chi connectivity index (χ1n) is 6.41. The van der Waals surface area contributed by atoms with Crippen molar-refractivity contribution in [1.29, 1.82) is 0 Å². The average Bonchev–Trinajstić information content (AvgIpc) is 2.42. The highest BCUT2D eigenvalue weighted by atomic mass is 79.9. The molecular weight excluding hydrogens is 318 g/mol. The zero-order valence-corrected chi connectivity index (χ0v) is 13.4. The van der Waals surface area contributed by atoms with Crippen LogP contribution < -0.4 is 10.1 Å². The average molecular weight is 336 g/mol. The molecule has 1 unspecified atom stereocenters. The van der Waals surface area contributed by atoms with Crippen molar-refractivity contribution in [3.63, 3.8) is 0 Å². The summed E-state index contributed by atoms with van der Waals surface area (Å²) in [4.78, 5) is 0. The second kappa shape index (κ2) is 6.18. The molecule has 0 aromatic heterocycles. The molecule has 1 atom stereocenters. The van der Waals surface area contributed by atoms with Crippen molar-refractivity contribution < 1.29 is 9.84 Å². The van der Waals surface area contributed by atoms with Gasteiger partial charge in [-0.1, -0.05) is 6.07 Å². The first-order chi connectivity index (χ1) is 9.51. The molecule has 2 N–H and O–H groups in total. The zero-order valence-electron chi connectivity index (χ0n) is 11.8. The van der Waals surface area contributed by atoms with E-state index in [-0.39, 0.29) is 11.8 Å². The van der Waals surface area contributed by atoms with E-state index in [1.165, 1.54) is 5.56 Å². The highest BCUT2D eigenvalue weighted by Gasteiger charge is 2.12. The monoisotopic (exact) mass is 335 g/mol. The lowest BCUT2D eigenvalue weighted by Gasteiger charge is -2.18. The molecule has 4 heteroatoms. The normalized spacial score (nSPS) is 12.0. The Kier molecular flexibility index (Phi) is 4.55. The van der Waals surface area contributed by atoms with Gasteiger partial charge in [0.1, 0.15) is 11.5 Å². The quantitative estimate of drug-likeness (QED) is 0.854. The van der Waals surface area contributed by atoms with Gasteiger partial charge >= 0.3 is 0 Å². The molecule has 0 saturated heterocycles. The number of rotatable bonds is 4. The molecular formula is C16H18BrNO2. The number of hydrogen-bond acceptors (Lipinski definition) is 3. The summed E-state index contributed by atoms with van der Waals surface area (Å²) in [5.74, 6) is 0.878. The first-order valence-corrected chi connectivity index (χ1v) is 7.20. The molecule has 0 bridgehead atoms. The summed E-state index contributed by atoms with van der Waals surface area (Å²) in [6.07, 6.45) is 0. The lowest BCUT2D eigenvalue weighted by atomic mass is 10.1. The van der Waals surface area contributed by atoms with E-state index in [9.17, 15) is 5.11 Å². The smallest absolute Gasteiger partial charge is 0.124 e. The molecule has 0 radical (unpaired) electrons. The molecule has 2 aromatic carbocycles. The van der Waals surface area contributed by atoms with Gasteiger partial charge in [0.05, 0.1) is 13.2 Å². The van der Waals surface area contributed by atoms with E-state index in [4.69, 9.17) is 4.74 Å². The highest BCUT2D eigenvalue weighted by Crippen LogP contribution is 2.32. The third-order valence-corrected chi connectivity index (χ3v) is 3.89. The van der Waals surface area contributed by atoms with Crippen LogP contribution in [-0.4, -0.2) is 12.2 Å². The third-order valence-electron chi connectivity index (χ3n) is 3.20. The van der Waals surface area contributed by atoms with E-state index >= 15 is 0 Å². The summed E-state index contributed by atoms with van der Waals surface area (Å²) in [5.41, 5.74) is 3.02. The number of nitrogens with one attached hydrogen (secondary N) is 1. The van der Waals surface area contributed by atoms with Gasteiger partial charge in [-0.25, -0.2) is 0 Å². The lowest BCUT2D eigenvalue weighted by Crippen LogP contribution is -2.07. The lowest BCUT2D eigenvalue weighted by molar-refractivity contribution is 0.406. The standard InChI is InChI=1S/C16H18BrNO2/c1-10-4-7-14(17)15(8-10)18-11(2)13-6-5-12(20-3)9-16(13)19/h4-9,11,18-19H,1-3H3. The number of phenols is 1. The second-order valence-corrected chi connectivity index (χ2v) is 5.63. The maximum atomic E-state index is 10.1. The van der Waals surface area contributed by atoms with Crippen molar-refractivity contribution in [2.75, 3.05) is 12.4 Å². The fourth-order valence-electron chi connectivity index (χ4n) is 2.08. The van der Waals surface area contributed by atoms with Crippen LogP contribution in [0, 0.1) is 6.92 Å². The molecule has 0 heterocycles. The van der Waals surface area contributed by atoms with Crippen LogP contribution in [0.2, 0.25) is 0 Å². The molecule has 0 fully saturated rings. The Morgan fingerprint density at radius 2 is 1.95 bits per heavy atom. The van der Waals surface area contributed by atoms with Crippen LogP contribution >= 0.6 is 15.9 Å². The van der Waals surface area contributed by atoms with Crippen LogP contribution in [0.5, 0.6) is 11.5 Å². The first kappa shape index (κ1) is 14.7. The fraction of sp³-hybridized carbons (Fsp3) is 0.250. The summed E-state index contributed by atoms with van der Waals surface area (Å²) in [7, 11) is 1.58. The van der Waals surface area contributed by atoms with E-state index in [1.807, 2.05) is 38.1 Å². The molecule has 2 aromatic rings. The Bertz CT molecular complexity index is 613. The number of aromatic hydroxyl groups is 1. The molecule has 0 aliphatic rings. The van der Waals surface area contributed by atoms with E-state index in [0.29, 0.717) is 5.75 Å². The molecule has 0 aliphatic carbocycles. The van der Waals surface area contributed by atoms with Gasteiger partial charge in [-0.3, -0.25) is 0 Å². The van der Waals surface area contributed by atoms with Crippen LogP contribution in [-0.2, 0) is 0 Å². The Balaban J connectivity index is 2.23. The van der Waals surface area contributed by atoms with Gasteiger partial charge in [-0.15, -0.1) is 0 Å². The zero-order chi connectivity index (χ0) is 14.7. The fourth-order valence-corrected chi connectivity index (χ4v) is 2.44. The predicted molar refractivity (Wildman–Crippen MR) is 85.6 cm³/mol. The predicted octanol–water partition coefficient (Wildman–Crippen LogP) is 4.64. The molecule has 0 spiro atoms. The largest absolute Gasteiger partial charge is 0.507 e. The van der Waals surface area contributed by atoms with Crippen molar-refractivity contribution in [3.8, 4) is 11.5 Å². The second-order valence-electron chi connectivity index (χ2n) is 4.77. The number of ether oxygens (including phenoxy) is 1. The van der Waals surface area contributed by atoms with Crippen LogP contribution in [0.25, 0.3) is 0 Å². The van der Waals surface area contributed by atoms with E-state index in [1.54, 1.807) is 13.2 Å². The Hall–Kier alpha value is -1.68. The molecule has 106 valence electrons. The number of methoxy groups -OCH3 is 1. The Morgan fingerprint density at radius 1 is 1.20 bits per heavy atom. The third kappa shape index (κ3) is 3.25. The molecule has 3 nitrogen and oxygen atoms in total. The Morgan fingerprint density at radius 3 is 2.60 bits per heavy atom. The van der Waals surface area contributed by atoms with Gasteiger partial charge in [0.2, 0.25) is 0 Å². The van der Waals surface area contributed by atoms with Crippen molar-refractivity contribution >= 4 is 21.6 Å². The summed E-state index contributed by atoms with van der Waals surface area (Å²) in [5, 5.41) is 13.5. The number of hydrogen-bond donors (Lipinski definition) is 2. The van der Waals surface area contributed by atoms with Crippen LogP contribution in [0.15, 0.2) is 40.9 Å². The van der Waals surface area contributed by atoms with E-state index < -0.39 is 0 Å². The minimum Gasteiger partial charge on any atom is -0.507 e. The SMILES string of the molecule is COc1ccc(C(C)Nc2cc(C)ccc2Br)c(O)c1. The van der Waals surface area contributed by atoms with Gasteiger partial charge in [0.15, 0.2) is 0 Å². The molecule has 20 heavy (non-hydrogen) atoms. The van der Waals surface area contributed by atoms with E-state index in [2.05, 4.69) is 27.3 Å². The maximum Gasteiger partial charge on any atom is 0.124 e. The number of benzene rings is 2. The highest BCUT2D eigenvalue weighted by molar-refractivity contribution is 9.10. The van der Waals surface area contributed by atoms with Crippen LogP contribution in [0.4, 0.5) is 5.69 Å². The van der Waals surface area contributed by atoms with Crippen LogP contribution in [0.1, 0.15) is 24.1 Å². The number of aryl methyl sites for hydroxylation is 1. The van der Waals surface area contributed by atoms with Gasteiger partial charge in [0.25, 0.3) is 0 Å². The minimum atomic E-state index is -0.0148. The van der Waals surface area contributed by atoms with Gasteiger partial charge in [-0.2, -0.15) is 0 Å². The Labute approximate surface area is 127 Å². The maximum absolute atomic E-state index is 10.1. The van der Waals surface area contributed by atoms with Crippen molar-refractivity contribution in [2.45, 2.75) is 19.9 Å². The van der Waals surface area contributed by atoms with Gasteiger partial charge in [-0.05, 0) is 59.6 Å². The number of phenolic OH excluding ortho intramolecular Hbond substituents is 1. The summed E-state index contributed by atoms with van der Waals surface area (Å²) >= 11 is 3.53. The minimum absolute atomic E-state index is 0.0148.